The summed E-state index contributed by atoms with van der Waals surface area (Å²) < 4.78 is 4.64. The predicted octanol–water partition coefficient (Wildman–Crippen LogP) is 3.73. The van der Waals surface area contributed by atoms with Crippen LogP contribution in [0.25, 0.3) is 4.95 Å². The fraction of sp³-hybridized carbons (Fsp3) is 0.125. The predicted molar refractivity (Wildman–Crippen MR) is 59.7 cm³/mol. The van der Waals surface area contributed by atoms with E-state index in [4.69, 9.17) is 18.2 Å². The van der Waals surface area contributed by atoms with Crippen LogP contribution in [0.1, 0.15) is 0 Å². The molecule has 13 heavy (non-hydrogen) atoms. The second-order valence-corrected chi connectivity index (χ2v) is 5.12. The van der Waals surface area contributed by atoms with Gasteiger partial charge in [0.1, 0.15) is 4.47 Å². The molecular formula is C8H6BrClN2S. The highest BCUT2D eigenvalue weighted by molar-refractivity contribution is 9.10. The zero-order chi connectivity index (χ0) is 9.84. The van der Waals surface area contributed by atoms with Gasteiger partial charge in [0, 0.05) is 26.3 Å². The van der Waals surface area contributed by atoms with Gasteiger partial charge in [-0.2, -0.15) is 6.57 Å². The van der Waals surface area contributed by atoms with Gasteiger partial charge in [0.05, 0.1) is 5.02 Å². The van der Waals surface area contributed by atoms with Crippen molar-refractivity contribution < 1.29 is 0 Å². The summed E-state index contributed by atoms with van der Waals surface area (Å²) in [5.41, 5.74) is 0. The lowest BCUT2D eigenvalue weighted by atomic mass is 10.4. The summed E-state index contributed by atoms with van der Waals surface area (Å²) in [4.78, 5) is 3.90. The van der Waals surface area contributed by atoms with Crippen LogP contribution in [-0.2, 0) is 10.7 Å². The van der Waals surface area contributed by atoms with Gasteiger partial charge in [-0.3, -0.25) is 0 Å². The van der Waals surface area contributed by atoms with Gasteiger partial charge in [-0.15, -0.1) is 4.95 Å². The molecule has 1 rings (SSSR count). The molecule has 1 aromatic carbocycles. The highest BCUT2D eigenvalue weighted by Crippen LogP contribution is 2.24. The topological polar surface area (TPSA) is 16.7 Å². The van der Waals surface area contributed by atoms with Crippen molar-refractivity contribution in [1.82, 2.24) is 0 Å². The van der Waals surface area contributed by atoms with Crippen LogP contribution in [0.5, 0.6) is 0 Å². The Hall–Kier alpha value is -0.370. The van der Waals surface area contributed by atoms with E-state index in [-0.39, 0.29) is 0 Å². The number of halogens is 2. The van der Waals surface area contributed by atoms with Gasteiger partial charge in [0.25, 0.3) is 0 Å². The van der Waals surface area contributed by atoms with Crippen LogP contribution in [0.3, 0.4) is 0 Å². The molecule has 0 aliphatic heterocycles. The summed E-state index contributed by atoms with van der Waals surface area (Å²) in [5.74, 6) is 0. The highest BCUT2D eigenvalue weighted by atomic mass is 79.9. The smallest absolute Gasteiger partial charge is 0.119 e. The lowest BCUT2D eigenvalue weighted by molar-refractivity contribution is 1.42. The fourth-order valence-electron chi connectivity index (χ4n) is 0.820. The van der Waals surface area contributed by atoms with E-state index in [1.807, 2.05) is 18.4 Å². The molecule has 0 heterocycles. The Balaban J connectivity index is 3.18. The van der Waals surface area contributed by atoms with Gasteiger partial charge in [-0.25, -0.2) is 0 Å². The third-order valence-electron chi connectivity index (χ3n) is 1.38. The second-order valence-electron chi connectivity index (χ2n) is 2.23. The van der Waals surface area contributed by atoms with Gasteiger partial charge in [-0.05, 0) is 18.2 Å². The number of benzene rings is 1. The third kappa shape index (κ3) is 2.80. The Bertz CT molecular complexity index is 398. The monoisotopic (exact) mass is 276 g/mol. The molecule has 0 fully saturated rings. The molecule has 0 spiro atoms. The first-order valence-electron chi connectivity index (χ1n) is 3.33. The van der Waals surface area contributed by atoms with Gasteiger partial charge >= 0.3 is 0 Å². The number of hydrogen-bond acceptors (Lipinski definition) is 1. The van der Waals surface area contributed by atoms with Crippen molar-refractivity contribution in [1.29, 1.82) is 0 Å². The number of rotatable bonds is 1. The standard InChI is InChI=1S/C8H6BrClN2S/c1-11-12-13(2)8-4-3-6(9)5-7(8)10/h3-5H,2H3. The van der Waals surface area contributed by atoms with Crippen molar-refractivity contribution in [2.24, 2.45) is 4.47 Å². The Morgan fingerprint density at radius 3 is 2.85 bits per heavy atom. The molecule has 0 aliphatic rings. The molecule has 0 saturated heterocycles. The maximum Gasteiger partial charge on any atom is 0.119 e. The molecule has 1 atom stereocenters. The molecule has 1 unspecified atom stereocenters. The van der Waals surface area contributed by atoms with Crippen molar-refractivity contribution in [3.63, 3.8) is 0 Å². The molecule has 5 heteroatoms. The zero-order valence-electron chi connectivity index (χ0n) is 6.79. The number of nitrogens with zero attached hydrogens (tertiary/aromatic N) is 2. The lowest BCUT2D eigenvalue weighted by Gasteiger charge is -2.00. The minimum atomic E-state index is -0.435. The van der Waals surface area contributed by atoms with E-state index < -0.39 is 10.7 Å². The largest absolute Gasteiger partial charge is 0.181 e. The molecule has 0 bridgehead atoms. The minimum absolute atomic E-state index is 0.435. The Labute approximate surface area is 92.9 Å². The quantitative estimate of drug-likeness (QED) is 0.549. The van der Waals surface area contributed by atoms with E-state index in [0.29, 0.717) is 5.02 Å². The van der Waals surface area contributed by atoms with Crippen molar-refractivity contribution in [3.8, 4) is 0 Å². The summed E-state index contributed by atoms with van der Waals surface area (Å²) in [6.07, 6.45) is 1.87. The first kappa shape index (κ1) is 10.7. The Kier molecular flexibility index (Phi) is 3.91. The molecule has 2 nitrogen and oxygen atoms in total. The second kappa shape index (κ2) is 4.75. The van der Waals surface area contributed by atoms with Gasteiger partial charge in [0.15, 0.2) is 0 Å². The van der Waals surface area contributed by atoms with Crippen molar-refractivity contribution in [3.05, 3.63) is 39.2 Å². The van der Waals surface area contributed by atoms with Crippen molar-refractivity contribution >= 4 is 38.2 Å². The molecule has 1 aromatic rings. The summed E-state index contributed by atoms with van der Waals surface area (Å²) in [5, 5.41) is 0.646. The van der Waals surface area contributed by atoms with Crippen LogP contribution >= 0.6 is 27.5 Å². The van der Waals surface area contributed by atoms with Crippen molar-refractivity contribution in [2.75, 3.05) is 6.26 Å². The van der Waals surface area contributed by atoms with E-state index >= 15 is 0 Å². The van der Waals surface area contributed by atoms with Crippen LogP contribution in [0.2, 0.25) is 5.02 Å². The SMILES string of the molecule is [C-]#[N+]/N=S(\C)c1ccc(Br)cc1Cl. The van der Waals surface area contributed by atoms with E-state index in [1.54, 1.807) is 6.07 Å². The van der Waals surface area contributed by atoms with Crippen LogP contribution < -0.4 is 0 Å². The average Bonchev–Trinajstić information content (AvgIpc) is 2.04. The average molecular weight is 278 g/mol. The first-order chi connectivity index (χ1) is 6.15. The summed E-state index contributed by atoms with van der Waals surface area (Å²) in [6, 6.07) is 5.58. The van der Waals surface area contributed by atoms with E-state index in [9.17, 15) is 0 Å². The van der Waals surface area contributed by atoms with Gasteiger partial charge in [-0.1, -0.05) is 27.5 Å². The molecule has 0 radical (unpaired) electrons. The van der Waals surface area contributed by atoms with Crippen LogP contribution in [-0.4, -0.2) is 6.26 Å². The fourth-order valence-corrected chi connectivity index (χ4v) is 2.64. The van der Waals surface area contributed by atoms with Crippen LogP contribution in [0.15, 0.2) is 32.0 Å². The summed E-state index contributed by atoms with van der Waals surface area (Å²) in [6.45, 7) is 6.61. The van der Waals surface area contributed by atoms with Crippen LogP contribution in [0.4, 0.5) is 0 Å². The third-order valence-corrected chi connectivity index (χ3v) is 3.61. The van der Waals surface area contributed by atoms with E-state index in [0.717, 1.165) is 9.37 Å². The minimum Gasteiger partial charge on any atom is -0.181 e. The van der Waals surface area contributed by atoms with E-state index in [2.05, 4.69) is 25.4 Å². The molecule has 0 N–H and O–H groups in total. The lowest BCUT2D eigenvalue weighted by Crippen LogP contribution is -1.87. The highest BCUT2D eigenvalue weighted by Gasteiger charge is 2.04. The zero-order valence-corrected chi connectivity index (χ0v) is 9.95. The summed E-state index contributed by atoms with van der Waals surface area (Å²) in [7, 11) is -0.435. The maximum absolute atomic E-state index is 6.61. The molecule has 0 aliphatic carbocycles. The molecule has 68 valence electrons. The molecule has 0 amide bonds. The first-order valence-corrected chi connectivity index (χ1v) is 6.10. The number of hydrogen-bond donors (Lipinski definition) is 0. The maximum atomic E-state index is 6.61. The molecule has 0 saturated carbocycles. The molecular weight excluding hydrogens is 272 g/mol. The van der Waals surface area contributed by atoms with E-state index in [1.165, 1.54) is 0 Å². The normalized spacial score (nSPS) is 12.5. The Morgan fingerprint density at radius 1 is 1.62 bits per heavy atom. The molecule has 0 aromatic heterocycles. The summed E-state index contributed by atoms with van der Waals surface area (Å²) >= 11 is 9.29. The van der Waals surface area contributed by atoms with Gasteiger partial charge < -0.3 is 0 Å². The van der Waals surface area contributed by atoms with Crippen molar-refractivity contribution in [2.45, 2.75) is 4.90 Å². The van der Waals surface area contributed by atoms with Gasteiger partial charge in [0.2, 0.25) is 0 Å². The van der Waals surface area contributed by atoms with Crippen LogP contribution in [0, 0.1) is 6.57 Å². The Morgan fingerprint density at radius 2 is 2.31 bits per heavy atom.